The van der Waals surface area contributed by atoms with E-state index >= 15 is 0 Å². The van der Waals surface area contributed by atoms with Crippen LogP contribution in [-0.2, 0) is 4.79 Å². The number of amides is 1. The van der Waals surface area contributed by atoms with Gasteiger partial charge in [-0.15, -0.1) is 0 Å². The van der Waals surface area contributed by atoms with Gasteiger partial charge in [0, 0.05) is 24.7 Å². The first kappa shape index (κ1) is 14.3. The largest absolute Gasteiger partial charge is 0.465 e. The van der Waals surface area contributed by atoms with E-state index in [0.717, 1.165) is 49.6 Å². The summed E-state index contributed by atoms with van der Waals surface area (Å²) >= 11 is 0. The van der Waals surface area contributed by atoms with E-state index in [1.165, 1.54) is 0 Å². The predicted molar refractivity (Wildman–Crippen MR) is 91.8 cm³/mol. The van der Waals surface area contributed by atoms with Gasteiger partial charge in [-0.05, 0) is 50.5 Å². The molecule has 0 N–H and O–H groups in total. The third-order valence-electron chi connectivity index (χ3n) is 6.20. The second kappa shape index (κ2) is 4.96. The van der Waals surface area contributed by atoms with Gasteiger partial charge >= 0.3 is 0 Å². The first-order chi connectivity index (χ1) is 11.7. The summed E-state index contributed by atoms with van der Waals surface area (Å²) in [5.41, 5.74) is 0.727. The normalized spacial score (nSPS) is 32.4. The van der Waals surface area contributed by atoms with E-state index in [1.54, 1.807) is 0 Å². The van der Waals surface area contributed by atoms with Crippen molar-refractivity contribution in [1.29, 1.82) is 0 Å². The Morgan fingerprint density at radius 3 is 2.75 bits per heavy atom. The molecule has 0 saturated carbocycles. The summed E-state index contributed by atoms with van der Waals surface area (Å²) in [5, 5.41) is 0. The van der Waals surface area contributed by atoms with Crippen LogP contribution in [0.4, 0.5) is 5.69 Å². The predicted octanol–water partition coefficient (Wildman–Crippen LogP) is 3.53. The molecule has 3 saturated heterocycles. The van der Waals surface area contributed by atoms with E-state index in [0.29, 0.717) is 11.8 Å². The van der Waals surface area contributed by atoms with Gasteiger partial charge in [-0.2, -0.15) is 0 Å². The van der Waals surface area contributed by atoms with E-state index in [9.17, 15) is 4.79 Å². The van der Waals surface area contributed by atoms with Gasteiger partial charge in [-0.25, -0.2) is 0 Å². The molecule has 1 aromatic heterocycles. The standard InChI is InChI=1S/C20H22N2O2/c1-14-8-9-18(24-14)17-12-15-13-21(16-6-3-2-4-7-16)19(23)20(15)10-5-11-22(17)20/h2-4,6-9,15,17H,5,10-13H2,1H3/t15-,17-,20-/m0/s1. The molecule has 0 radical (unpaired) electrons. The fourth-order valence-corrected chi connectivity index (χ4v) is 5.23. The first-order valence-electron chi connectivity index (χ1n) is 8.90. The van der Waals surface area contributed by atoms with Crippen LogP contribution in [0, 0.1) is 12.8 Å². The molecule has 1 spiro atoms. The summed E-state index contributed by atoms with van der Waals surface area (Å²) in [4.78, 5) is 17.9. The van der Waals surface area contributed by atoms with Crippen LogP contribution in [0.25, 0.3) is 0 Å². The second-order valence-corrected chi connectivity index (χ2v) is 7.37. The number of carbonyl (C=O) groups is 1. The van der Waals surface area contributed by atoms with E-state index in [1.807, 2.05) is 48.2 Å². The lowest BCUT2D eigenvalue weighted by Gasteiger charge is -2.32. The zero-order valence-electron chi connectivity index (χ0n) is 13.9. The Labute approximate surface area is 142 Å². The van der Waals surface area contributed by atoms with Crippen LogP contribution in [-0.4, -0.2) is 29.4 Å². The van der Waals surface area contributed by atoms with Crippen molar-refractivity contribution in [2.24, 2.45) is 5.92 Å². The van der Waals surface area contributed by atoms with Crippen molar-refractivity contribution < 1.29 is 9.21 Å². The van der Waals surface area contributed by atoms with Crippen LogP contribution in [0.3, 0.4) is 0 Å². The highest BCUT2D eigenvalue weighted by Crippen LogP contribution is 2.56. The third-order valence-corrected chi connectivity index (χ3v) is 6.20. The van der Waals surface area contributed by atoms with Crippen LogP contribution in [0.2, 0.25) is 0 Å². The third kappa shape index (κ3) is 1.75. The molecule has 4 nitrogen and oxygen atoms in total. The van der Waals surface area contributed by atoms with E-state index in [-0.39, 0.29) is 11.6 Å². The number of para-hydroxylation sites is 1. The summed E-state index contributed by atoms with van der Waals surface area (Å²) in [6.07, 6.45) is 3.10. The van der Waals surface area contributed by atoms with Crippen molar-refractivity contribution in [1.82, 2.24) is 4.90 Å². The Kier molecular flexibility index (Phi) is 2.95. The van der Waals surface area contributed by atoms with Crippen LogP contribution in [0.5, 0.6) is 0 Å². The number of benzene rings is 1. The summed E-state index contributed by atoms with van der Waals surface area (Å²) in [6, 6.07) is 14.5. The molecule has 3 fully saturated rings. The van der Waals surface area contributed by atoms with Crippen molar-refractivity contribution in [3.05, 3.63) is 54.0 Å². The minimum absolute atomic E-state index is 0.257. The number of anilines is 1. The second-order valence-electron chi connectivity index (χ2n) is 7.37. The first-order valence-corrected chi connectivity index (χ1v) is 8.90. The smallest absolute Gasteiger partial charge is 0.247 e. The molecule has 3 atom stereocenters. The highest BCUT2D eigenvalue weighted by Gasteiger charge is 2.65. The Bertz CT molecular complexity index is 784. The van der Waals surface area contributed by atoms with Gasteiger partial charge in [0.2, 0.25) is 5.91 Å². The average Bonchev–Trinajstić information content (AvgIpc) is 3.32. The molecule has 24 heavy (non-hydrogen) atoms. The number of aryl methyl sites for hydroxylation is 1. The SMILES string of the molecule is Cc1ccc([C@@H]2C[C@H]3CN(c4ccccc4)C(=O)[C@]34CCCN24)o1. The minimum atomic E-state index is -0.304. The van der Waals surface area contributed by atoms with Crippen LogP contribution >= 0.6 is 0 Å². The number of rotatable bonds is 2. The van der Waals surface area contributed by atoms with E-state index in [4.69, 9.17) is 4.42 Å². The Morgan fingerprint density at radius 2 is 2.00 bits per heavy atom. The zero-order chi connectivity index (χ0) is 16.3. The van der Waals surface area contributed by atoms with Gasteiger partial charge in [0.15, 0.2) is 0 Å². The maximum absolute atomic E-state index is 13.4. The highest BCUT2D eigenvalue weighted by atomic mass is 16.3. The lowest BCUT2D eigenvalue weighted by molar-refractivity contribution is -0.126. The van der Waals surface area contributed by atoms with Crippen molar-refractivity contribution >= 4 is 11.6 Å². The molecular weight excluding hydrogens is 300 g/mol. The molecule has 4 heteroatoms. The summed E-state index contributed by atoms with van der Waals surface area (Å²) in [6.45, 7) is 3.81. The molecule has 3 aliphatic heterocycles. The fraction of sp³-hybridized carbons (Fsp3) is 0.450. The van der Waals surface area contributed by atoms with Gasteiger partial charge in [-0.3, -0.25) is 9.69 Å². The van der Waals surface area contributed by atoms with Crippen LogP contribution in [0.1, 0.15) is 36.8 Å². The number of carbonyl (C=O) groups excluding carboxylic acids is 1. The average molecular weight is 322 g/mol. The molecule has 0 unspecified atom stereocenters. The van der Waals surface area contributed by atoms with E-state index < -0.39 is 0 Å². The maximum atomic E-state index is 13.4. The fourth-order valence-electron chi connectivity index (χ4n) is 5.23. The number of nitrogens with zero attached hydrogens (tertiary/aromatic N) is 2. The zero-order valence-corrected chi connectivity index (χ0v) is 13.9. The number of hydrogen-bond donors (Lipinski definition) is 0. The molecule has 1 aromatic carbocycles. The lowest BCUT2D eigenvalue weighted by atomic mass is 9.85. The van der Waals surface area contributed by atoms with Gasteiger partial charge in [0.1, 0.15) is 17.1 Å². The highest BCUT2D eigenvalue weighted by molar-refractivity contribution is 6.03. The molecule has 0 aliphatic carbocycles. The molecule has 124 valence electrons. The Balaban J connectivity index is 1.52. The molecule has 5 rings (SSSR count). The lowest BCUT2D eigenvalue weighted by Crippen LogP contribution is -2.49. The molecule has 3 aliphatic rings. The van der Waals surface area contributed by atoms with Gasteiger partial charge in [0.05, 0.1) is 6.04 Å². The molecule has 4 heterocycles. The van der Waals surface area contributed by atoms with Gasteiger partial charge in [-0.1, -0.05) is 18.2 Å². The van der Waals surface area contributed by atoms with E-state index in [2.05, 4.69) is 11.0 Å². The Morgan fingerprint density at radius 1 is 1.17 bits per heavy atom. The summed E-state index contributed by atoms with van der Waals surface area (Å²) in [7, 11) is 0. The van der Waals surface area contributed by atoms with Crippen molar-refractivity contribution in [2.75, 3.05) is 18.0 Å². The van der Waals surface area contributed by atoms with Crippen LogP contribution in [0.15, 0.2) is 46.9 Å². The molecular formula is C20H22N2O2. The van der Waals surface area contributed by atoms with Gasteiger partial charge < -0.3 is 9.32 Å². The maximum Gasteiger partial charge on any atom is 0.247 e. The molecule has 1 amide bonds. The molecule has 2 aromatic rings. The topological polar surface area (TPSA) is 36.7 Å². The number of furan rings is 1. The van der Waals surface area contributed by atoms with Crippen molar-refractivity contribution in [3.63, 3.8) is 0 Å². The molecule has 0 bridgehead atoms. The monoisotopic (exact) mass is 322 g/mol. The van der Waals surface area contributed by atoms with Crippen molar-refractivity contribution in [2.45, 2.75) is 37.8 Å². The Hall–Kier alpha value is -2.07. The van der Waals surface area contributed by atoms with Crippen LogP contribution < -0.4 is 4.90 Å². The quantitative estimate of drug-likeness (QED) is 0.849. The minimum Gasteiger partial charge on any atom is -0.465 e. The summed E-state index contributed by atoms with van der Waals surface area (Å²) < 4.78 is 5.92. The summed E-state index contributed by atoms with van der Waals surface area (Å²) in [5.74, 6) is 2.67. The number of hydrogen-bond acceptors (Lipinski definition) is 3. The van der Waals surface area contributed by atoms with Crippen molar-refractivity contribution in [3.8, 4) is 0 Å². The van der Waals surface area contributed by atoms with Gasteiger partial charge in [0.25, 0.3) is 0 Å².